The highest BCUT2D eigenvalue weighted by Gasteiger charge is 2.23. The number of ether oxygens (including phenoxy) is 2. The number of rotatable bonds is 5. The van der Waals surface area contributed by atoms with Crippen molar-refractivity contribution >= 4 is 11.8 Å². The van der Waals surface area contributed by atoms with Crippen LogP contribution in [0.5, 0.6) is 5.75 Å². The predicted octanol–water partition coefficient (Wildman–Crippen LogP) is 1.03. The van der Waals surface area contributed by atoms with Crippen molar-refractivity contribution in [1.82, 2.24) is 9.13 Å². The smallest absolute Gasteiger partial charge is 0.328 e. The molecule has 1 heterocycles. The molecule has 0 amide bonds. The van der Waals surface area contributed by atoms with Gasteiger partial charge in [-0.2, -0.15) is 0 Å². The topological polar surface area (TPSA) is 79.5 Å². The summed E-state index contributed by atoms with van der Waals surface area (Å²) in [6.45, 7) is 1.13. The molecule has 0 aliphatic heterocycles. The monoisotopic (exact) mass is 318 g/mol. The number of methoxy groups -OCH3 is 1. The number of ketones is 1. The van der Waals surface area contributed by atoms with Crippen molar-refractivity contribution < 1.29 is 19.1 Å². The number of hydrogen-bond donors (Lipinski definition) is 0. The van der Waals surface area contributed by atoms with Crippen molar-refractivity contribution in [2.75, 3.05) is 7.11 Å². The summed E-state index contributed by atoms with van der Waals surface area (Å²) in [5.41, 5.74) is 0.609. The number of nitrogens with zero attached hydrogens (tertiary/aromatic N) is 2. The van der Waals surface area contributed by atoms with Crippen LogP contribution in [0.4, 0.5) is 0 Å². The van der Waals surface area contributed by atoms with Crippen molar-refractivity contribution in [1.29, 1.82) is 0 Å². The molecule has 1 aromatic heterocycles. The Morgan fingerprint density at radius 1 is 1.09 bits per heavy atom. The molecule has 2 rings (SSSR count). The first-order valence-corrected chi connectivity index (χ1v) is 6.93. The van der Waals surface area contributed by atoms with Crippen LogP contribution in [-0.2, 0) is 30.2 Å². The Kier molecular flexibility index (Phi) is 4.68. The molecule has 0 spiro atoms. The highest BCUT2D eigenvalue weighted by molar-refractivity contribution is 6.08. The number of carbonyl (C=O) groups is 2. The predicted molar refractivity (Wildman–Crippen MR) is 82.6 cm³/mol. The number of imidazole rings is 1. The van der Waals surface area contributed by atoms with Crippen molar-refractivity contribution in [3.63, 3.8) is 0 Å². The largest absolute Gasteiger partial charge is 0.497 e. The van der Waals surface area contributed by atoms with Gasteiger partial charge in [0.25, 0.3) is 0 Å². The molecule has 122 valence electrons. The second kappa shape index (κ2) is 6.51. The molecule has 0 aliphatic rings. The molecule has 0 radical (unpaired) electrons. The fraction of sp³-hybridized carbons (Fsp3) is 0.312. The summed E-state index contributed by atoms with van der Waals surface area (Å²) in [4.78, 5) is 35.9. The van der Waals surface area contributed by atoms with E-state index in [0.717, 1.165) is 0 Å². The summed E-state index contributed by atoms with van der Waals surface area (Å²) in [5, 5.41) is 0. The average Bonchev–Trinajstić information content (AvgIpc) is 2.76. The maximum Gasteiger partial charge on any atom is 0.328 e. The Morgan fingerprint density at radius 2 is 1.70 bits per heavy atom. The fourth-order valence-electron chi connectivity index (χ4n) is 2.29. The van der Waals surface area contributed by atoms with Gasteiger partial charge in [0.15, 0.2) is 0 Å². The minimum absolute atomic E-state index is 0.140. The molecular weight excluding hydrogens is 300 g/mol. The first-order chi connectivity index (χ1) is 10.9. The third-order valence-corrected chi connectivity index (χ3v) is 3.57. The molecule has 0 unspecified atom stereocenters. The van der Waals surface area contributed by atoms with Crippen LogP contribution in [0.2, 0.25) is 0 Å². The zero-order chi connectivity index (χ0) is 17.1. The summed E-state index contributed by atoms with van der Waals surface area (Å²) < 4.78 is 12.6. The summed E-state index contributed by atoms with van der Waals surface area (Å²) >= 11 is 0. The quantitative estimate of drug-likeness (QED) is 0.607. The van der Waals surface area contributed by atoms with E-state index in [0.29, 0.717) is 17.0 Å². The van der Waals surface area contributed by atoms with Gasteiger partial charge in [-0.05, 0) is 24.3 Å². The number of carbonyl (C=O) groups excluding carboxylic acids is 2. The van der Waals surface area contributed by atoms with Crippen LogP contribution in [0.1, 0.15) is 28.7 Å². The lowest BCUT2D eigenvalue weighted by molar-refractivity contribution is -0.142. The van der Waals surface area contributed by atoms with Gasteiger partial charge in [0.05, 0.1) is 12.8 Å². The first-order valence-electron chi connectivity index (χ1n) is 6.93. The van der Waals surface area contributed by atoms with E-state index in [9.17, 15) is 14.4 Å². The molecule has 0 fully saturated rings. The second-order valence-electron chi connectivity index (χ2n) is 5.03. The van der Waals surface area contributed by atoms with Crippen LogP contribution in [0.15, 0.2) is 29.1 Å². The van der Waals surface area contributed by atoms with Crippen LogP contribution in [0.3, 0.4) is 0 Å². The minimum Gasteiger partial charge on any atom is -0.497 e. The molecular formula is C16H18N2O5. The standard InChI is InChI=1S/C16H18N2O5/c1-10(19)23-9-13-14(18(3)16(21)17(13)2)15(20)11-5-7-12(22-4)8-6-11/h5-8H,9H2,1-4H3. The molecule has 0 atom stereocenters. The van der Waals surface area contributed by atoms with Crippen molar-refractivity contribution in [3.8, 4) is 5.75 Å². The highest BCUT2D eigenvalue weighted by atomic mass is 16.5. The first kappa shape index (κ1) is 16.5. The Balaban J connectivity index is 2.47. The maximum atomic E-state index is 12.7. The molecule has 0 saturated heterocycles. The summed E-state index contributed by atoms with van der Waals surface area (Å²) in [6.07, 6.45) is 0. The van der Waals surface area contributed by atoms with E-state index < -0.39 is 5.97 Å². The highest BCUT2D eigenvalue weighted by Crippen LogP contribution is 2.17. The molecule has 0 aliphatic carbocycles. The van der Waals surface area contributed by atoms with Gasteiger partial charge in [-0.3, -0.25) is 18.7 Å². The maximum absolute atomic E-state index is 12.7. The van der Waals surface area contributed by atoms with Gasteiger partial charge in [0, 0.05) is 26.6 Å². The van der Waals surface area contributed by atoms with Crippen molar-refractivity contribution in [2.45, 2.75) is 13.5 Å². The lowest BCUT2D eigenvalue weighted by atomic mass is 10.1. The molecule has 0 saturated carbocycles. The lowest BCUT2D eigenvalue weighted by Gasteiger charge is -2.08. The van der Waals surface area contributed by atoms with E-state index >= 15 is 0 Å². The third-order valence-electron chi connectivity index (χ3n) is 3.57. The minimum atomic E-state index is -0.482. The average molecular weight is 318 g/mol. The zero-order valence-electron chi connectivity index (χ0n) is 13.5. The van der Waals surface area contributed by atoms with E-state index in [-0.39, 0.29) is 23.8 Å². The Labute approximate surface area is 133 Å². The fourth-order valence-corrected chi connectivity index (χ4v) is 2.29. The van der Waals surface area contributed by atoms with E-state index in [2.05, 4.69) is 0 Å². The van der Waals surface area contributed by atoms with Crippen molar-refractivity contribution in [3.05, 3.63) is 51.7 Å². The van der Waals surface area contributed by atoms with Gasteiger partial charge in [-0.25, -0.2) is 4.79 Å². The van der Waals surface area contributed by atoms with E-state index in [4.69, 9.17) is 9.47 Å². The van der Waals surface area contributed by atoms with Crippen molar-refractivity contribution in [2.24, 2.45) is 14.1 Å². The SMILES string of the molecule is COc1ccc(C(=O)c2c(COC(C)=O)n(C)c(=O)n2C)cc1. The summed E-state index contributed by atoms with van der Waals surface area (Å²) in [6, 6.07) is 6.57. The summed E-state index contributed by atoms with van der Waals surface area (Å²) in [7, 11) is 4.58. The summed E-state index contributed by atoms with van der Waals surface area (Å²) in [5.74, 6) is -0.178. The molecule has 0 N–H and O–H groups in total. The molecule has 2 aromatic rings. The molecule has 7 nitrogen and oxygen atoms in total. The van der Waals surface area contributed by atoms with Crippen LogP contribution < -0.4 is 10.4 Å². The van der Waals surface area contributed by atoms with Gasteiger partial charge < -0.3 is 9.47 Å². The molecule has 7 heteroatoms. The number of hydrogen-bond acceptors (Lipinski definition) is 5. The Bertz CT molecular complexity index is 799. The Morgan fingerprint density at radius 3 is 2.22 bits per heavy atom. The van der Waals surface area contributed by atoms with E-state index in [1.165, 1.54) is 37.3 Å². The molecule has 0 bridgehead atoms. The van der Waals surface area contributed by atoms with Crippen LogP contribution >= 0.6 is 0 Å². The number of esters is 1. The van der Waals surface area contributed by atoms with E-state index in [1.54, 1.807) is 24.3 Å². The molecule has 23 heavy (non-hydrogen) atoms. The van der Waals surface area contributed by atoms with E-state index in [1.807, 2.05) is 0 Å². The van der Waals surface area contributed by atoms with Gasteiger partial charge in [0.2, 0.25) is 5.78 Å². The normalized spacial score (nSPS) is 10.4. The van der Waals surface area contributed by atoms with Gasteiger partial charge in [-0.1, -0.05) is 0 Å². The third kappa shape index (κ3) is 3.18. The van der Waals surface area contributed by atoms with Crippen LogP contribution in [-0.4, -0.2) is 28.0 Å². The number of benzene rings is 1. The van der Waals surface area contributed by atoms with Gasteiger partial charge in [0.1, 0.15) is 18.1 Å². The zero-order valence-corrected chi connectivity index (χ0v) is 13.5. The Hall–Kier alpha value is -2.83. The van der Waals surface area contributed by atoms with Gasteiger partial charge in [-0.15, -0.1) is 0 Å². The van der Waals surface area contributed by atoms with Crippen LogP contribution in [0.25, 0.3) is 0 Å². The second-order valence-corrected chi connectivity index (χ2v) is 5.03. The lowest BCUT2D eigenvalue weighted by Crippen LogP contribution is -2.21. The molecule has 1 aromatic carbocycles. The van der Waals surface area contributed by atoms with Gasteiger partial charge >= 0.3 is 11.7 Å². The number of aromatic nitrogens is 2. The van der Waals surface area contributed by atoms with Crippen LogP contribution in [0, 0.1) is 0 Å².